The van der Waals surface area contributed by atoms with Crippen molar-refractivity contribution < 1.29 is 8.78 Å². The lowest BCUT2D eigenvalue weighted by Gasteiger charge is -2.11. The Morgan fingerprint density at radius 1 is 1.50 bits per heavy atom. The summed E-state index contributed by atoms with van der Waals surface area (Å²) in [5, 5.41) is 4.15. The Morgan fingerprint density at radius 3 is 2.50 bits per heavy atom. The molecule has 0 bridgehead atoms. The first-order valence-corrected chi connectivity index (χ1v) is 6.08. The Morgan fingerprint density at radius 2 is 2.12 bits per heavy atom. The maximum absolute atomic E-state index is 12.7. The summed E-state index contributed by atoms with van der Waals surface area (Å²) in [6, 6.07) is 0.0713. The van der Waals surface area contributed by atoms with Crippen molar-refractivity contribution in [2.75, 3.05) is 0 Å². The van der Waals surface area contributed by atoms with Crippen molar-refractivity contribution in [2.24, 2.45) is 5.92 Å². The van der Waals surface area contributed by atoms with Gasteiger partial charge in [-0.3, -0.25) is 4.68 Å². The second kappa shape index (κ2) is 4.49. The summed E-state index contributed by atoms with van der Waals surface area (Å²) in [6.07, 6.45) is -0.409. The second-order valence-corrected chi connectivity index (χ2v) is 4.74. The van der Waals surface area contributed by atoms with Crippen LogP contribution in [0.5, 0.6) is 0 Å². The van der Waals surface area contributed by atoms with Gasteiger partial charge in [0, 0.05) is 5.56 Å². The molecule has 1 atom stereocenters. The Balaban J connectivity index is 2.38. The molecule has 1 aromatic heterocycles. The van der Waals surface area contributed by atoms with Gasteiger partial charge in [0.2, 0.25) is 0 Å². The van der Waals surface area contributed by atoms with Gasteiger partial charge < -0.3 is 0 Å². The first-order chi connectivity index (χ1) is 7.56. The summed E-state index contributed by atoms with van der Waals surface area (Å²) in [7, 11) is 0. The van der Waals surface area contributed by atoms with Gasteiger partial charge in [0.1, 0.15) is 10.8 Å². The average molecular weight is 269 g/mol. The molecule has 16 heavy (non-hydrogen) atoms. The van der Waals surface area contributed by atoms with Crippen LogP contribution < -0.4 is 0 Å². The van der Waals surface area contributed by atoms with E-state index in [0.29, 0.717) is 5.92 Å². The fraction of sp³-hybridized carbons (Fsp3) is 0.700. The van der Waals surface area contributed by atoms with Crippen molar-refractivity contribution in [3.05, 3.63) is 16.4 Å². The molecule has 1 aromatic rings. The standard InChI is InChI=1S/C10H12Cl2F2N2/c1-5(6-2-3-6)16-9(12)7(4-11)8(15-16)10(13)14/h5-6,10H,2-4H2,1H3. The minimum atomic E-state index is -2.63. The van der Waals surface area contributed by atoms with Crippen LogP contribution in [0.1, 0.15) is 43.5 Å². The largest absolute Gasteiger partial charge is 0.282 e. The maximum atomic E-state index is 12.7. The van der Waals surface area contributed by atoms with Crippen LogP contribution in [0.25, 0.3) is 0 Å². The van der Waals surface area contributed by atoms with Crippen molar-refractivity contribution in [3.8, 4) is 0 Å². The number of rotatable bonds is 4. The van der Waals surface area contributed by atoms with Crippen LogP contribution in [0.15, 0.2) is 0 Å². The molecule has 0 radical (unpaired) electrons. The van der Waals surface area contributed by atoms with E-state index in [1.165, 1.54) is 4.68 Å². The predicted molar refractivity (Wildman–Crippen MR) is 59.2 cm³/mol. The third-order valence-electron chi connectivity index (χ3n) is 3.01. The van der Waals surface area contributed by atoms with Gasteiger partial charge in [-0.15, -0.1) is 11.6 Å². The lowest BCUT2D eigenvalue weighted by molar-refractivity contribution is 0.143. The van der Waals surface area contributed by atoms with Crippen LogP contribution in [0, 0.1) is 5.92 Å². The molecule has 1 unspecified atom stereocenters. The summed E-state index contributed by atoms with van der Waals surface area (Å²) < 4.78 is 26.9. The van der Waals surface area contributed by atoms with E-state index in [9.17, 15) is 8.78 Å². The van der Waals surface area contributed by atoms with Crippen LogP contribution in [0.4, 0.5) is 8.78 Å². The van der Waals surface area contributed by atoms with Gasteiger partial charge >= 0.3 is 0 Å². The highest BCUT2D eigenvalue weighted by Gasteiger charge is 2.33. The maximum Gasteiger partial charge on any atom is 0.282 e. The molecular formula is C10H12Cl2F2N2. The van der Waals surface area contributed by atoms with Gasteiger partial charge in [0.25, 0.3) is 6.43 Å². The molecule has 0 spiro atoms. The van der Waals surface area contributed by atoms with E-state index < -0.39 is 6.43 Å². The minimum absolute atomic E-state index is 0.0319. The molecule has 2 rings (SSSR count). The first-order valence-electron chi connectivity index (χ1n) is 5.17. The lowest BCUT2D eigenvalue weighted by atomic mass is 10.2. The van der Waals surface area contributed by atoms with Gasteiger partial charge in [-0.2, -0.15) is 5.10 Å². The fourth-order valence-electron chi connectivity index (χ4n) is 1.81. The Kier molecular flexibility index (Phi) is 3.40. The van der Waals surface area contributed by atoms with Gasteiger partial charge in [-0.05, 0) is 25.7 Å². The number of nitrogens with zero attached hydrogens (tertiary/aromatic N) is 2. The summed E-state index contributed by atoms with van der Waals surface area (Å²) in [5.41, 5.74) is -0.0293. The molecule has 1 saturated carbocycles. The Hall–Kier alpha value is -0.350. The molecule has 0 saturated heterocycles. The van der Waals surface area contributed by atoms with E-state index >= 15 is 0 Å². The van der Waals surface area contributed by atoms with Crippen molar-refractivity contribution in [1.82, 2.24) is 9.78 Å². The number of hydrogen-bond acceptors (Lipinski definition) is 1. The summed E-state index contributed by atoms with van der Waals surface area (Å²) in [6.45, 7) is 1.95. The van der Waals surface area contributed by atoms with Gasteiger partial charge in [0.15, 0.2) is 0 Å². The van der Waals surface area contributed by atoms with Gasteiger partial charge in [-0.25, -0.2) is 8.78 Å². The van der Waals surface area contributed by atoms with E-state index in [0.717, 1.165) is 12.8 Å². The lowest BCUT2D eigenvalue weighted by Crippen LogP contribution is -2.09. The van der Waals surface area contributed by atoms with E-state index in [1.54, 1.807) is 0 Å². The van der Waals surface area contributed by atoms with Crippen molar-refractivity contribution >= 4 is 23.2 Å². The molecule has 0 amide bonds. The average Bonchev–Trinajstić information content (AvgIpc) is 3.01. The number of aromatic nitrogens is 2. The minimum Gasteiger partial charge on any atom is -0.250 e. The zero-order chi connectivity index (χ0) is 11.9. The summed E-state index contributed by atoms with van der Waals surface area (Å²) in [4.78, 5) is 0. The van der Waals surface area contributed by atoms with Crippen molar-refractivity contribution in [3.63, 3.8) is 0 Å². The number of halogens is 4. The second-order valence-electron chi connectivity index (χ2n) is 4.11. The van der Waals surface area contributed by atoms with Crippen LogP contribution >= 0.6 is 23.2 Å². The third-order valence-corrected chi connectivity index (χ3v) is 3.67. The molecule has 1 aliphatic carbocycles. The van der Waals surface area contributed by atoms with E-state index in [4.69, 9.17) is 23.2 Å². The van der Waals surface area contributed by atoms with E-state index in [2.05, 4.69) is 5.10 Å². The van der Waals surface area contributed by atoms with E-state index in [1.807, 2.05) is 6.92 Å². The quantitative estimate of drug-likeness (QED) is 0.749. The van der Waals surface area contributed by atoms with Crippen molar-refractivity contribution in [1.29, 1.82) is 0 Å². The smallest absolute Gasteiger partial charge is 0.250 e. The molecule has 1 aliphatic rings. The molecule has 0 aliphatic heterocycles. The van der Waals surface area contributed by atoms with Gasteiger partial charge in [-0.1, -0.05) is 11.6 Å². The molecule has 1 fully saturated rings. The topological polar surface area (TPSA) is 17.8 Å². The molecule has 90 valence electrons. The monoisotopic (exact) mass is 268 g/mol. The van der Waals surface area contributed by atoms with E-state index in [-0.39, 0.29) is 28.3 Å². The molecule has 6 heteroatoms. The molecule has 1 heterocycles. The zero-order valence-electron chi connectivity index (χ0n) is 8.76. The third kappa shape index (κ3) is 2.05. The molecule has 0 N–H and O–H groups in total. The Labute approximate surface area is 103 Å². The normalized spacial score (nSPS) is 18.1. The molecule has 0 aromatic carbocycles. The van der Waals surface area contributed by atoms with Crippen LogP contribution in [-0.4, -0.2) is 9.78 Å². The van der Waals surface area contributed by atoms with Gasteiger partial charge in [0.05, 0.1) is 11.9 Å². The molecular weight excluding hydrogens is 257 g/mol. The summed E-state index contributed by atoms with van der Waals surface area (Å²) in [5.74, 6) is 0.474. The molecule has 2 nitrogen and oxygen atoms in total. The predicted octanol–water partition coefficient (Wildman–Crippen LogP) is 4.18. The number of hydrogen-bond donors (Lipinski definition) is 0. The first kappa shape index (κ1) is 12.1. The highest BCUT2D eigenvalue weighted by atomic mass is 35.5. The van der Waals surface area contributed by atoms with Crippen LogP contribution in [0.2, 0.25) is 5.15 Å². The highest BCUT2D eigenvalue weighted by Crippen LogP contribution is 2.42. The Bertz CT molecular complexity index is 388. The highest BCUT2D eigenvalue weighted by molar-refractivity contribution is 6.31. The SMILES string of the molecule is CC(C1CC1)n1nc(C(F)F)c(CCl)c1Cl. The zero-order valence-corrected chi connectivity index (χ0v) is 10.3. The summed E-state index contributed by atoms with van der Waals surface area (Å²) >= 11 is 11.6. The van der Waals surface area contributed by atoms with Crippen LogP contribution in [-0.2, 0) is 5.88 Å². The van der Waals surface area contributed by atoms with Crippen molar-refractivity contribution in [2.45, 2.75) is 38.1 Å². The fourth-order valence-corrected chi connectivity index (χ4v) is 2.50. The number of alkyl halides is 3. The van der Waals surface area contributed by atoms with Crippen LogP contribution in [0.3, 0.4) is 0 Å².